The molecule has 0 spiro atoms. The minimum atomic E-state index is -0.424. The zero-order valence-electron chi connectivity index (χ0n) is 15.9. The maximum absolute atomic E-state index is 12.5. The number of nitrogens with one attached hydrogen (secondary N) is 1. The summed E-state index contributed by atoms with van der Waals surface area (Å²) in [5.74, 6) is -0.224. The smallest absolute Gasteiger partial charge is 0.307 e. The predicted octanol–water partition coefficient (Wildman–Crippen LogP) is 4.83. The first-order valence-electron chi connectivity index (χ1n) is 9.44. The van der Waals surface area contributed by atoms with Gasteiger partial charge >= 0.3 is 5.91 Å². The lowest BCUT2D eigenvalue weighted by atomic mass is 10.1. The van der Waals surface area contributed by atoms with Crippen molar-refractivity contribution < 1.29 is 9.21 Å². The Balaban J connectivity index is 1.41. The van der Waals surface area contributed by atoms with Crippen molar-refractivity contribution >= 4 is 44.8 Å². The van der Waals surface area contributed by atoms with Crippen LogP contribution in [0.3, 0.4) is 0 Å². The van der Waals surface area contributed by atoms with Gasteiger partial charge in [-0.2, -0.15) is 10.4 Å². The zero-order valence-corrected chi connectivity index (χ0v) is 15.9. The van der Waals surface area contributed by atoms with Gasteiger partial charge in [-0.15, -0.1) is 0 Å². The highest BCUT2D eigenvalue weighted by Gasteiger charge is 2.13. The zero-order chi connectivity index (χ0) is 20.5. The molecule has 3 aromatic carbocycles. The number of hydrogen-bond acceptors (Lipinski definition) is 4. The molecule has 0 bridgehead atoms. The van der Waals surface area contributed by atoms with Crippen LogP contribution in [0.4, 0.5) is 0 Å². The molecule has 0 saturated carbocycles. The average molecular weight is 392 g/mol. The Kier molecular flexibility index (Phi) is 4.26. The molecule has 2 heterocycles. The average Bonchev–Trinajstić information content (AvgIpc) is 3.37. The summed E-state index contributed by atoms with van der Waals surface area (Å²) in [4.78, 5) is 12.5. The van der Waals surface area contributed by atoms with E-state index in [0.29, 0.717) is 5.58 Å². The molecule has 30 heavy (non-hydrogen) atoms. The van der Waals surface area contributed by atoms with Gasteiger partial charge in [0.05, 0.1) is 12.3 Å². The lowest BCUT2D eigenvalue weighted by Crippen LogP contribution is -2.16. The van der Waals surface area contributed by atoms with Crippen LogP contribution in [0.25, 0.3) is 32.6 Å². The van der Waals surface area contributed by atoms with Crippen molar-refractivity contribution in [3.63, 3.8) is 0 Å². The van der Waals surface area contributed by atoms with Crippen LogP contribution in [0.2, 0.25) is 0 Å². The van der Waals surface area contributed by atoms with Crippen LogP contribution >= 0.6 is 0 Å². The standard InChI is InChI=1S/C24H16N4O2/c25-11-12-28-15-17(19-7-3-4-8-21(19)28)14-26-27-24(29)23-13-20-18-6-2-1-5-16(18)9-10-22(20)30-23/h1-10,13-15H,12H2,(H,27,29). The highest BCUT2D eigenvalue weighted by Crippen LogP contribution is 2.28. The number of hydrogen-bond donors (Lipinski definition) is 1. The van der Waals surface area contributed by atoms with Crippen LogP contribution in [-0.2, 0) is 6.54 Å². The molecule has 0 aliphatic rings. The molecule has 5 aromatic rings. The number of fused-ring (bicyclic) bond motifs is 4. The fourth-order valence-corrected chi connectivity index (χ4v) is 3.70. The van der Waals surface area contributed by atoms with Crippen LogP contribution in [-0.4, -0.2) is 16.7 Å². The summed E-state index contributed by atoms with van der Waals surface area (Å²) in [6.07, 6.45) is 3.42. The third-order valence-corrected chi connectivity index (χ3v) is 5.08. The van der Waals surface area contributed by atoms with E-state index in [-0.39, 0.29) is 12.3 Å². The van der Waals surface area contributed by atoms with Gasteiger partial charge in [-0.05, 0) is 29.0 Å². The number of benzene rings is 3. The van der Waals surface area contributed by atoms with E-state index in [4.69, 9.17) is 9.68 Å². The third kappa shape index (κ3) is 2.99. The summed E-state index contributed by atoms with van der Waals surface area (Å²) < 4.78 is 7.57. The van der Waals surface area contributed by atoms with Crippen molar-refractivity contribution in [1.82, 2.24) is 9.99 Å². The fraction of sp³-hybridized carbons (Fsp3) is 0.0417. The summed E-state index contributed by atoms with van der Waals surface area (Å²) in [5.41, 5.74) is 4.94. The molecule has 1 N–H and O–H groups in total. The fourth-order valence-electron chi connectivity index (χ4n) is 3.70. The van der Waals surface area contributed by atoms with Gasteiger partial charge in [0.15, 0.2) is 5.76 Å². The first-order chi connectivity index (χ1) is 14.7. The van der Waals surface area contributed by atoms with Gasteiger partial charge in [-0.1, -0.05) is 48.5 Å². The van der Waals surface area contributed by atoms with Crippen LogP contribution in [0.1, 0.15) is 16.1 Å². The minimum Gasteiger partial charge on any atom is -0.451 e. The number of carbonyl (C=O) groups excluding carboxylic acids is 1. The van der Waals surface area contributed by atoms with Gasteiger partial charge in [0.2, 0.25) is 0 Å². The molecule has 0 radical (unpaired) electrons. The Labute approximate surface area is 171 Å². The number of rotatable bonds is 4. The van der Waals surface area contributed by atoms with E-state index in [1.807, 2.05) is 71.4 Å². The largest absolute Gasteiger partial charge is 0.451 e. The van der Waals surface area contributed by atoms with Crippen molar-refractivity contribution in [1.29, 1.82) is 5.26 Å². The van der Waals surface area contributed by atoms with Crippen LogP contribution in [0.5, 0.6) is 0 Å². The maximum Gasteiger partial charge on any atom is 0.307 e. The molecule has 0 saturated heterocycles. The van der Waals surface area contributed by atoms with E-state index in [2.05, 4.69) is 16.6 Å². The van der Waals surface area contributed by atoms with E-state index in [1.54, 1.807) is 12.3 Å². The van der Waals surface area contributed by atoms with E-state index in [1.165, 1.54) is 0 Å². The first kappa shape index (κ1) is 17.7. The molecule has 0 aliphatic carbocycles. The lowest BCUT2D eigenvalue weighted by Gasteiger charge is -1.96. The van der Waals surface area contributed by atoms with Gasteiger partial charge < -0.3 is 8.98 Å². The van der Waals surface area contributed by atoms with Crippen molar-refractivity contribution in [2.45, 2.75) is 6.54 Å². The Morgan fingerprint density at radius 1 is 1.07 bits per heavy atom. The highest BCUT2D eigenvalue weighted by atomic mass is 16.3. The van der Waals surface area contributed by atoms with Gasteiger partial charge in [0, 0.05) is 28.0 Å². The molecule has 6 heteroatoms. The predicted molar refractivity (Wildman–Crippen MR) is 116 cm³/mol. The SMILES string of the molecule is N#CCn1cc(C=NNC(=O)c2cc3c(ccc4ccccc43)o2)c2ccccc21. The Morgan fingerprint density at radius 2 is 1.87 bits per heavy atom. The first-order valence-corrected chi connectivity index (χ1v) is 9.44. The van der Waals surface area contributed by atoms with Crippen LogP contribution in [0, 0.1) is 11.3 Å². The number of carbonyl (C=O) groups is 1. The molecule has 5 rings (SSSR count). The van der Waals surface area contributed by atoms with E-state index in [0.717, 1.165) is 32.6 Å². The van der Waals surface area contributed by atoms with Gasteiger partial charge in [0.25, 0.3) is 0 Å². The molecule has 0 aliphatic heterocycles. The summed E-state index contributed by atoms with van der Waals surface area (Å²) in [6.45, 7) is 0.244. The number of nitriles is 1. The number of hydrazone groups is 1. The Hall–Kier alpha value is -4.37. The number of furan rings is 1. The molecular formula is C24H16N4O2. The number of amides is 1. The molecule has 1 amide bonds. The molecule has 2 aromatic heterocycles. The molecule has 0 unspecified atom stereocenters. The number of para-hydroxylation sites is 1. The van der Waals surface area contributed by atoms with E-state index < -0.39 is 5.91 Å². The molecule has 0 fully saturated rings. The molecule has 0 atom stereocenters. The molecular weight excluding hydrogens is 376 g/mol. The van der Waals surface area contributed by atoms with Gasteiger partial charge in [0.1, 0.15) is 12.1 Å². The number of nitrogens with zero attached hydrogens (tertiary/aromatic N) is 3. The maximum atomic E-state index is 12.5. The summed E-state index contributed by atoms with van der Waals surface area (Å²) in [5, 5.41) is 17.1. The third-order valence-electron chi connectivity index (χ3n) is 5.08. The normalized spacial score (nSPS) is 11.4. The second-order valence-corrected chi connectivity index (χ2v) is 6.90. The second-order valence-electron chi connectivity index (χ2n) is 6.90. The Bertz CT molecular complexity index is 1480. The summed E-state index contributed by atoms with van der Waals surface area (Å²) >= 11 is 0. The monoisotopic (exact) mass is 392 g/mol. The summed E-state index contributed by atoms with van der Waals surface area (Å²) in [6, 6.07) is 23.4. The van der Waals surface area contributed by atoms with Crippen LogP contribution < -0.4 is 5.43 Å². The number of aromatic nitrogens is 1. The molecule has 144 valence electrons. The van der Waals surface area contributed by atoms with Crippen molar-refractivity contribution in [2.24, 2.45) is 5.10 Å². The van der Waals surface area contributed by atoms with E-state index >= 15 is 0 Å². The van der Waals surface area contributed by atoms with Gasteiger partial charge in [-0.3, -0.25) is 4.79 Å². The van der Waals surface area contributed by atoms with Crippen LogP contribution in [0.15, 0.2) is 82.4 Å². The second kappa shape index (κ2) is 7.22. The summed E-state index contributed by atoms with van der Waals surface area (Å²) in [7, 11) is 0. The quantitative estimate of drug-likeness (QED) is 0.351. The van der Waals surface area contributed by atoms with Crippen molar-refractivity contribution in [2.75, 3.05) is 0 Å². The molecule has 6 nitrogen and oxygen atoms in total. The Morgan fingerprint density at radius 3 is 2.73 bits per heavy atom. The topological polar surface area (TPSA) is 83.3 Å². The minimum absolute atomic E-state index is 0.199. The van der Waals surface area contributed by atoms with E-state index in [9.17, 15) is 4.79 Å². The van der Waals surface area contributed by atoms with Gasteiger partial charge in [-0.25, -0.2) is 5.43 Å². The van der Waals surface area contributed by atoms with Crippen molar-refractivity contribution in [3.8, 4) is 6.07 Å². The van der Waals surface area contributed by atoms with Crippen molar-refractivity contribution in [3.05, 3.63) is 84.3 Å². The lowest BCUT2D eigenvalue weighted by molar-refractivity contribution is 0.0929. The highest BCUT2D eigenvalue weighted by molar-refractivity contribution is 6.08.